The molecule has 5 heteroatoms. The van der Waals surface area contributed by atoms with Gasteiger partial charge >= 0.3 is 6.18 Å². The highest BCUT2D eigenvalue weighted by Crippen LogP contribution is 2.13. The zero-order valence-electron chi connectivity index (χ0n) is 6.97. The largest absolute Gasteiger partial charge is 0.398 e. The molecule has 0 heterocycles. The predicted octanol–water partition coefficient (Wildman–Crippen LogP) is 3.13. The lowest BCUT2D eigenvalue weighted by atomic mass is 10.3. The molecule has 0 bridgehead atoms. The standard InChI is InChI=1S/C6H7NS.C2H3F3/c7-5-3-1-2-4-6(5)8;1-2(3,4)5/h1-4,8H,7H2;1H3. The summed E-state index contributed by atoms with van der Waals surface area (Å²) in [6.45, 7) is 0.188. The molecule has 0 amide bonds. The maximum Gasteiger partial charge on any atom is 0.386 e. The fourth-order valence-corrected chi connectivity index (χ4v) is 0.648. The molecule has 0 saturated heterocycles. The average Bonchev–Trinajstić information content (AvgIpc) is 1.92. The number of benzene rings is 1. The van der Waals surface area contributed by atoms with Gasteiger partial charge < -0.3 is 5.73 Å². The molecule has 1 nitrogen and oxygen atoms in total. The monoisotopic (exact) mass is 209 g/mol. The lowest BCUT2D eigenvalue weighted by molar-refractivity contribution is -0.110. The molecule has 0 atom stereocenters. The summed E-state index contributed by atoms with van der Waals surface area (Å²) in [5, 5.41) is 0. The van der Waals surface area contributed by atoms with Gasteiger partial charge in [-0.2, -0.15) is 13.2 Å². The van der Waals surface area contributed by atoms with Crippen LogP contribution in [0.2, 0.25) is 0 Å². The highest BCUT2D eigenvalue weighted by molar-refractivity contribution is 7.80. The Morgan fingerprint density at radius 2 is 1.62 bits per heavy atom. The number of hydrogen-bond acceptors (Lipinski definition) is 2. The number of para-hydroxylation sites is 1. The van der Waals surface area contributed by atoms with E-state index in [1.165, 1.54) is 0 Å². The van der Waals surface area contributed by atoms with Crippen molar-refractivity contribution in [3.05, 3.63) is 24.3 Å². The zero-order chi connectivity index (χ0) is 10.5. The third kappa shape index (κ3) is 9.07. The summed E-state index contributed by atoms with van der Waals surface area (Å²) < 4.78 is 31.1. The van der Waals surface area contributed by atoms with Gasteiger partial charge in [0.05, 0.1) is 0 Å². The van der Waals surface area contributed by atoms with E-state index >= 15 is 0 Å². The third-order valence-corrected chi connectivity index (χ3v) is 1.34. The van der Waals surface area contributed by atoms with Crippen LogP contribution in [0.4, 0.5) is 18.9 Å². The summed E-state index contributed by atoms with van der Waals surface area (Å²) in [7, 11) is 0. The van der Waals surface area contributed by atoms with Gasteiger partial charge in [0.2, 0.25) is 0 Å². The van der Waals surface area contributed by atoms with Gasteiger partial charge in [-0.1, -0.05) is 12.1 Å². The molecule has 0 unspecified atom stereocenters. The van der Waals surface area contributed by atoms with Crippen LogP contribution in [0.15, 0.2) is 29.2 Å². The molecular formula is C8H10F3NS. The van der Waals surface area contributed by atoms with Crippen molar-refractivity contribution in [2.24, 2.45) is 0 Å². The molecule has 2 N–H and O–H groups in total. The smallest absolute Gasteiger partial charge is 0.386 e. The van der Waals surface area contributed by atoms with E-state index < -0.39 is 6.18 Å². The Morgan fingerprint density at radius 3 is 1.85 bits per heavy atom. The molecule has 1 aromatic carbocycles. The van der Waals surface area contributed by atoms with Crippen molar-refractivity contribution in [2.45, 2.75) is 18.0 Å². The number of thiol groups is 1. The van der Waals surface area contributed by atoms with Crippen LogP contribution in [-0.2, 0) is 0 Å². The topological polar surface area (TPSA) is 26.0 Å². The van der Waals surface area contributed by atoms with E-state index in [9.17, 15) is 13.2 Å². The number of anilines is 1. The molecule has 74 valence electrons. The Hall–Kier alpha value is -0.840. The summed E-state index contributed by atoms with van der Waals surface area (Å²) in [5.74, 6) is 0. The Bertz CT molecular complexity index is 233. The third-order valence-electron chi connectivity index (χ3n) is 0.937. The minimum absolute atomic E-state index is 0.188. The van der Waals surface area contributed by atoms with Crippen LogP contribution in [0.25, 0.3) is 0 Å². The Labute approximate surface area is 80.2 Å². The number of alkyl halides is 3. The molecule has 0 aliphatic rings. The van der Waals surface area contributed by atoms with Crippen molar-refractivity contribution < 1.29 is 13.2 Å². The number of rotatable bonds is 0. The fourth-order valence-electron chi connectivity index (χ4n) is 0.488. The number of halogens is 3. The molecule has 0 aliphatic carbocycles. The molecule has 13 heavy (non-hydrogen) atoms. The van der Waals surface area contributed by atoms with Gasteiger partial charge in [0.1, 0.15) is 0 Å². The van der Waals surface area contributed by atoms with Gasteiger partial charge in [-0.25, -0.2) is 0 Å². The van der Waals surface area contributed by atoms with Crippen molar-refractivity contribution in [3.8, 4) is 0 Å². The van der Waals surface area contributed by atoms with Gasteiger partial charge in [-0.15, -0.1) is 12.6 Å². The second kappa shape index (κ2) is 5.01. The molecule has 1 rings (SSSR count). The lowest BCUT2D eigenvalue weighted by Gasteiger charge is -1.92. The van der Waals surface area contributed by atoms with E-state index in [0.29, 0.717) is 0 Å². The lowest BCUT2D eigenvalue weighted by Crippen LogP contribution is -1.95. The minimum atomic E-state index is -4.00. The van der Waals surface area contributed by atoms with Crippen LogP contribution in [0.1, 0.15) is 6.92 Å². The Kier molecular flexibility index (Phi) is 4.69. The molecule has 0 aliphatic heterocycles. The summed E-state index contributed by atoms with van der Waals surface area (Å²) in [6, 6.07) is 7.47. The minimum Gasteiger partial charge on any atom is -0.398 e. The van der Waals surface area contributed by atoms with Gasteiger partial charge in [0, 0.05) is 17.5 Å². The van der Waals surface area contributed by atoms with Crippen molar-refractivity contribution in [2.75, 3.05) is 5.73 Å². The van der Waals surface area contributed by atoms with Gasteiger partial charge in [0.15, 0.2) is 0 Å². The molecule has 1 aromatic rings. The summed E-state index contributed by atoms with van der Waals surface area (Å²) in [4.78, 5) is 0.840. The second-order valence-electron chi connectivity index (χ2n) is 2.34. The predicted molar refractivity (Wildman–Crippen MR) is 49.8 cm³/mol. The van der Waals surface area contributed by atoms with E-state index in [4.69, 9.17) is 5.73 Å². The van der Waals surface area contributed by atoms with Crippen molar-refractivity contribution in [3.63, 3.8) is 0 Å². The van der Waals surface area contributed by atoms with Crippen LogP contribution in [0.5, 0.6) is 0 Å². The maximum absolute atomic E-state index is 10.4. The Morgan fingerprint density at radius 1 is 1.23 bits per heavy atom. The Balaban J connectivity index is 0.000000252. The normalized spacial score (nSPS) is 10.2. The highest BCUT2D eigenvalue weighted by Gasteiger charge is 2.15. The molecule has 0 radical (unpaired) electrons. The van der Waals surface area contributed by atoms with E-state index in [-0.39, 0.29) is 6.92 Å². The number of hydrogen-bond donors (Lipinski definition) is 2. The molecule has 0 saturated carbocycles. The van der Waals surface area contributed by atoms with Crippen molar-refractivity contribution in [1.29, 1.82) is 0 Å². The first-order valence-corrected chi connectivity index (χ1v) is 3.85. The highest BCUT2D eigenvalue weighted by atomic mass is 32.1. The van der Waals surface area contributed by atoms with Crippen LogP contribution in [0, 0.1) is 0 Å². The van der Waals surface area contributed by atoms with Crippen LogP contribution in [-0.4, -0.2) is 6.18 Å². The van der Waals surface area contributed by atoms with Gasteiger partial charge in [-0.05, 0) is 12.1 Å². The van der Waals surface area contributed by atoms with Crippen molar-refractivity contribution >= 4 is 18.3 Å². The van der Waals surface area contributed by atoms with E-state index in [1.807, 2.05) is 24.3 Å². The van der Waals surface area contributed by atoms with Crippen LogP contribution >= 0.6 is 12.6 Å². The van der Waals surface area contributed by atoms with Crippen molar-refractivity contribution in [1.82, 2.24) is 0 Å². The first kappa shape index (κ1) is 12.2. The number of nitrogen functional groups attached to an aromatic ring is 1. The maximum atomic E-state index is 10.4. The average molecular weight is 209 g/mol. The second-order valence-corrected chi connectivity index (χ2v) is 2.82. The van der Waals surface area contributed by atoms with Crippen LogP contribution in [0.3, 0.4) is 0 Å². The fraction of sp³-hybridized carbons (Fsp3) is 0.250. The SMILES string of the molecule is CC(F)(F)F.Nc1ccccc1S. The quantitative estimate of drug-likeness (QED) is 0.498. The molecule has 0 aromatic heterocycles. The van der Waals surface area contributed by atoms with Gasteiger partial charge in [-0.3, -0.25) is 0 Å². The summed E-state index contributed by atoms with van der Waals surface area (Å²) >= 11 is 4.07. The van der Waals surface area contributed by atoms with Gasteiger partial charge in [0.25, 0.3) is 0 Å². The molecular weight excluding hydrogens is 199 g/mol. The van der Waals surface area contributed by atoms with E-state index in [1.54, 1.807) is 0 Å². The summed E-state index contributed by atoms with van der Waals surface area (Å²) in [5.41, 5.74) is 6.18. The summed E-state index contributed by atoms with van der Waals surface area (Å²) in [6.07, 6.45) is -4.00. The first-order valence-electron chi connectivity index (χ1n) is 3.41. The molecule has 0 spiro atoms. The molecule has 0 fully saturated rings. The van der Waals surface area contributed by atoms with Crippen LogP contribution < -0.4 is 5.73 Å². The van der Waals surface area contributed by atoms with E-state index in [0.717, 1.165) is 10.6 Å². The first-order chi connectivity index (χ1) is 5.80. The number of nitrogens with two attached hydrogens (primary N) is 1. The zero-order valence-corrected chi connectivity index (χ0v) is 7.86. The van der Waals surface area contributed by atoms with E-state index in [2.05, 4.69) is 12.6 Å².